The first-order chi connectivity index (χ1) is 11.8. The van der Waals surface area contributed by atoms with E-state index in [1.807, 2.05) is 26.0 Å². The standard InChI is InChI=1S/C21H21NO3/c1-12(2)14-5-8-16(9-6-14)22-20(24)17-10-7-15(19(23)13(3)4)11-18(17)21(22)25/h5-13H,1-4H3. The SMILES string of the molecule is CC(C)C(=O)c1ccc2c(c1)C(=O)N(c1ccc(C(C)C)cc1)C2=O. The number of ketones is 1. The van der Waals surface area contributed by atoms with Crippen molar-refractivity contribution in [2.24, 2.45) is 5.92 Å². The molecule has 0 spiro atoms. The minimum atomic E-state index is -0.379. The molecule has 0 atom stereocenters. The maximum atomic E-state index is 12.8. The second-order valence-corrected chi connectivity index (χ2v) is 6.97. The van der Waals surface area contributed by atoms with Crippen LogP contribution in [0.2, 0.25) is 0 Å². The quantitative estimate of drug-likeness (QED) is 0.613. The third kappa shape index (κ3) is 2.88. The van der Waals surface area contributed by atoms with E-state index < -0.39 is 0 Å². The summed E-state index contributed by atoms with van der Waals surface area (Å²) in [7, 11) is 0. The molecule has 0 unspecified atom stereocenters. The number of benzene rings is 2. The number of carbonyl (C=O) groups is 3. The van der Waals surface area contributed by atoms with Crippen molar-refractivity contribution in [3.63, 3.8) is 0 Å². The van der Waals surface area contributed by atoms with Gasteiger partial charge in [0.15, 0.2) is 5.78 Å². The maximum absolute atomic E-state index is 12.8. The lowest BCUT2D eigenvalue weighted by molar-refractivity contribution is 0.0922. The lowest BCUT2D eigenvalue weighted by Crippen LogP contribution is -2.29. The molecule has 0 aliphatic carbocycles. The van der Waals surface area contributed by atoms with Gasteiger partial charge in [-0.3, -0.25) is 14.4 Å². The minimum absolute atomic E-state index is 0.0391. The van der Waals surface area contributed by atoms with Crippen LogP contribution in [0.15, 0.2) is 42.5 Å². The molecule has 3 rings (SSSR count). The summed E-state index contributed by atoms with van der Waals surface area (Å²) in [5.74, 6) is -0.551. The lowest BCUT2D eigenvalue weighted by Gasteiger charge is -2.15. The van der Waals surface area contributed by atoms with Gasteiger partial charge >= 0.3 is 0 Å². The zero-order valence-corrected chi connectivity index (χ0v) is 14.9. The first-order valence-electron chi connectivity index (χ1n) is 8.48. The second kappa shape index (κ2) is 6.28. The summed E-state index contributed by atoms with van der Waals surface area (Å²) in [5.41, 5.74) is 2.80. The molecule has 1 aliphatic heterocycles. The molecular formula is C21H21NO3. The first kappa shape index (κ1) is 17.1. The number of fused-ring (bicyclic) bond motifs is 1. The van der Waals surface area contributed by atoms with Crippen molar-refractivity contribution in [2.75, 3.05) is 4.90 Å². The number of hydrogen-bond acceptors (Lipinski definition) is 3. The number of carbonyl (C=O) groups excluding carboxylic acids is 3. The van der Waals surface area contributed by atoms with Crippen molar-refractivity contribution in [3.05, 3.63) is 64.7 Å². The minimum Gasteiger partial charge on any atom is -0.294 e. The predicted molar refractivity (Wildman–Crippen MR) is 97.3 cm³/mol. The molecule has 2 amide bonds. The van der Waals surface area contributed by atoms with Gasteiger partial charge in [-0.05, 0) is 35.7 Å². The number of anilines is 1. The van der Waals surface area contributed by atoms with E-state index in [4.69, 9.17) is 0 Å². The van der Waals surface area contributed by atoms with Gasteiger partial charge in [-0.25, -0.2) is 4.90 Å². The highest BCUT2D eigenvalue weighted by molar-refractivity contribution is 6.34. The Morgan fingerprint density at radius 3 is 2.00 bits per heavy atom. The zero-order chi connectivity index (χ0) is 18.3. The molecule has 2 aromatic rings. The van der Waals surface area contributed by atoms with Gasteiger partial charge in [0.25, 0.3) is 11.8 Å². The summed E-state index contributed by atoms with van der Waals surface area (Å²) in [6, 6.07) is 12.2. The smallest absolute Gasteiger partial charge is 0.266 e. The lowest BCUT2D eigenvalue weighted by atomic mass is 9.97. The molecule has 0 bridgehead atoms. The molecule has 4 nitrogen and oxygen atoms in total. The molecule has 2 aromatic carbocycles. The Morgan fingerprint density at radius 2 is 1.44 bits per heavy atom. The molecule has 0 saturated carbocycles. The Balaban J connectivity index is 1.98. The number of amides is 2. The first-order valence-corrected chi connectivity index (χ1v) is 8.48. The molecule has 0 aromatic heterocycles. The summed E-state index contributed by atoms with van der Waals surface area (Å²) in [6.07, 6.45) is 0. The van der Waals surface area contributed by atoms with Crippen LogP contribution in [0.5, 0.6) is 0 Å². The van der Waals surface area contributed by atoms with Gasteiger partial charge in [0, 0.05) is 11.5 Å². The maximum Gasteiger partial charge on any atom is 0.266 e. The summed E-state index contributed by atoms with van der Waals surface area (Å²) < 4.78 is 0. The van der Waals surface area contributed by atoms with Crippen LogP contribution in [0, 0.1) is 5.92 Å². The van der Waals surface area contributed by atoms with Crippen LogP contribution >= 0.6 is 0 Å². The Kier molecular flexibility index (Phi) is 4.29. The molecule has 1 heterocycles. The van der Waals surface area contributed by atoms with Crippen molar-refractivity contribution in [1.82, 2.24) is 0 Å². The van der Waals surface area contributed by atoms with Crippen LogP contribution in [-0.2, 0) is 0 Å². The Morgan fingerprint density at radius 1 is 0.840 bits per heavy atom. The van der Waals surface area contributed by atoms with Crippen molar-refractivity contribution in [1.29, 1.82) is 0 Å². The summed E-state index contributed by atoms with van der Waals surface area (Å²) >= 11 is 0. The van der Waals surface area contributed by atoms with E-state index in [0.29, 0.717) is 28.3 Å². The van der Waals surface area contributed by atoms with Crippen LogP contribution < -0.4 is 4.90 Å². The van der Waals surface area contributed by atoms with Crippen molar-refractivity contribution in [3.8, 4) is 0 Å². The molecule has 0 N–H and O–H groups in total. The highest BCUT2D eigenvalue weighted by Crippen LogP contribution is 2.30. The van der Waals surface area contributed by atoms with Crippen LogP contribution in [0.3, 0.4) is 0 Å². The average Bonchev–Trinajstić information content (AvgIpc) is 2.84. The summed E-state index contributed by atoms with van der Waals surface area (Å²) in [5, 5.41) is 0. The van der Waals surface area contributed by atoms with Crippen LogP contribution in [0.1, 0.15) is 70.3 Å². The zero-order valence-electron chi connectivity index (χ0n) is 14.9. The molecule has 0 radical (unpaired) electrons. The van der Waals surface area contributed by atoms with E-state index in [0.717, 1.165) is 5.56 Å². The predicted octanol–water partition coefficient (Wildman–Crippen LogP) is 4.45. The van der Waals surface area contributed by atoms with Gasteiger partial charge < -0.3 is 0 Å². The van der Waals surface area contributed by atoms with E-state index >= 15 is 0 Å². The normalized spacial score (nSPS) is 13.8. The van der Waals surface area contributed by atoms with E-state index in [1.54, 1.807) is 30.3 Å². The fraction of sp³-hybridized carbons (Fsp3) is 0.286. The third-order valence-corrected chi connectivity index (χ3v) is 4.51. The number of hydrogen-bond donors (Lipinski definition) is 0. The van der Waals surface area contributed by atoms with Crippen LogP contribution in [0.25, 0.3) is 0 Å². The molecule has 25 heavy (non-hydrogen) atoms. The van der Waals surface area contributed by atoms with Gasteiger partial charge in [0.2, 0.25) is 0 Å². The number of rotatable bonds is 4. The summed E-state index contributed by atoms with van der Waals surface area (Å²) in [4.78, 5) is 38.8. The van der Waals surface area contributed by atoms with Gasteiger partial charge in [0.1, 0.15) is 0 Å². The van der Waals surface area contributed by atoms with Gasteiger partial charge in [-0.1, -0.05) is 45.9 Å². The van der Waals surface area contributed by atoms with E-state index in [2.05, 4.69) is 13.8 Å². The molecule has 128 valence electrons. The van der Waals surface area contributed by atoms with Crippen molar-refractivity contribution < 1.29 is 14.4 Å². The Hall–Kier alpha value is -2.75. The van der Waals surface area contributed by atoms with Gasteiger partial charge in [-0.15, -0.1) is 0 Å². The van der Waals surface area contributed by atoms with Gasteiger partial charge in [0.05, 0.1) is 16.8 Å². The van der Waals surface area contributed by atoms with E-state index in [1.165, 1.54) is 4.90 Å². The highest BCUT2D eigenvalue weighted by Gasteiger charge is 2.37. The van der Waals surface area contributed by atoms with Crippen molar-refractivity contribution in [2.45, 2.75) is 33.6 Å². The largest absolute Gasteiger partial charge is 0.294 e. The number of nitrogens with zero attached hydrogens (tertiary/aromatic N) is 1. The van der Waals surface area contributed by atoms with Crippen LogP contribution in [0.4, 0.5) is 5.69 Å². The molecule has 1 aliphatic rings. The average molecular weight is 335 g/mol. The fourth-order valence-electron chi connectivity index (χ4n) is 2.97. The highest BCUT2D eigenvalue weighted by atomic mass is 16.2. The topological polar surface area (TPSA) is 54.5 Å². The molecule has 0 saturated heterocycles. The molecule has 0 fully saturated rings. The van der Waals surface area contributed by atoms with Gasteiger partial charge in [-0.2, -0.15) is 0 Å². The summed E-state index contributed by atoms with van der Waals surface area (Å²) in [6.45, 7) is 7.80. The van der Waals surface area contributed by atoms with E-state index in [-0.39, 0.29) is 23.5 Å². The Labute approximate surface area is 147 Å². The third-order valence-electron chi connectivity index (χ3n) is 4.51. The number of Topliss-reactive ketones (excluding diaryl/α,β-unsaturated/α-hetero) is 1. The monoisotopic (exact) mass is 335 g/mol. The fourth-order valence-corrected chi connectivity index (χ4v) is 2.97. The molecular weight excluding hydrogens is 314 g/mol. The molecule has 4 heteroatoms. The second-order valence-electron chi connectivity index (χ2n) is 6.97. The van der Waals surface area contributed by atoms with Crippen LogP contribution in [-0.4, -0.2) is 17.6 Å². The van der Waals surface area contributed by atoms with Crippen molar-refractivity contribution >= 4 is 23.3 Å². The Bertz CT molecular complexity index is 863. The number of imide groups is 1. The van der Waals surface area contributed by atoms with E-state index in [9.17, 15) is 14.4 Å².